The highest BCUT2D eigenvalue weighted by Gasteiger charge is 2.37. The first-order chi connectivity index (χ1) is 13.7. The number of hydrogen-bond acceptors (Lipinski definition) is 4. The van der Waals surface area contributed by atoms with Crippen LogP contribution in [-0.4, -0.2) is 24.1 Å². The first-order valence-electron chi connectivity index (χ1n) is 9.25. The first kappa shape index (κ1) is 20.6. The van der Waals surface area contributed by atoms with Crippen molar-refractivity contribution in [2.24, 2.45) is 0 Å². The highest BCUT2D eigenvalue weighted by Crippen LogP contribution is 2.38. The van der Waals surface area contributed by atoms with Crippen molar-refractivity contribution in [2.75, 3.05) is 23.9 Å². The zero-order chi connectivity index (χ0) is 21.2. The van der Waals surface area contributed by atoms with Crippen LogP contribution in [0.4, 0.5) is 36.3 Å². The van der Waals surface area contributed by atoms with E-state index in [4.69, 9.17) is 0 Å². The van der Waals surface area contributed by atoms with Gasteiger partial charge in [-0.3, -0.25) is 0 Å². The zero-order valence-corrected chi connectivity index (χ0v) is 16.8. The highest BCUT2D eigenvalue weighted by molar-refractivity contribution is 5.66. The minimum absolute atomic E-state index is 0.185. The molecule has 7 heteroatoms. The number of rotatable bonds is 5. The molecule has 3 aromatic rings. The van der Waals surface area contributed by atoms with Gasteiger partial charge < -0.3 is 9.80 Å². The molecule has 3 rings (SSSR count). The summed E-state index contributed by atoms with van der Waals surface area (Å²) >= 11 is 0. The minimum Gasteiger partial charge on any atom is -0.329 e. The SMILES string of the molecule is CC(C)c1ccc(N(C)c2nc(N(C)c3ccccc3)ncc2C(F)(F)F)cc1. The van der Waals surface area contributed by atoms with E-state index in [1.165, 1.54) is 4.90 Å². The van der Waals surface area contributed by atoms with Crippen molar-refractivity contribution in [1.82, 2.24) is 9.97 Å². The Hall–Kier alpha value is -3.09. The Balaban J connectivity index is 2.04. The van der Waals surface area contributed by atoms with Crippen LogP contribution in [0.25, 0.3) is 0 Å². The standard InChI is InChI=1S/C22H23F3N4/c1-15(2)16-10-12-18(13-11-16)28(3)20-19(22(23,24)25)14-26-21(27-20)29(4)17-8-6-5-7-9-17/h5-15H,1-4H3. The lowest BCUT2D eigenvalue weighted by molar-refractivity contribution is -0.137. The molecule has 0 N–H and O–H groups in total. The number of anilines is 4. The monoisotopic (exact) mass is 400 g/mol. The molecule has 1 aromatic heterocycles. The van der Waals surface area contributed by atoms with Crippen molar-refractivity contribution in [3.8, 4) is 0 Å². The summed E-state index contributed by atoms with van der Waals surface area (Å²) in [5.41, 5.74) is 1.64. The van der Waals surface area contributed by atoms with Crippen molar-refractivity contribution >= 4 is 23.1 Å². The molecule has 0 aliphatic heterocycles. The molecular formula is C22H23F3N4. The third kappa shape index (κ3) is 4.50. The van der Waals surface area contributed by atoms with Crippen molar-refractivity contribution in [3.63, 3.8) is 0 Å². The number of halogens is 3. The summed E-state index contributed by atoms with van der Waals surface area (Å²) in [6, 6.07) is 16.7. The molecule has 0 aliphatic rings. The third-order valence-electron chi connectivity index (χ3n) is 4.77. The molecule has 1 heterocycles. The Labute approximate surface area is 168 Å². The number of alkyl halides is 3. The molecule has 0 amide bonds. The van der Waals surface area contributed by atoms with Crippen LogP contribution < -0.4 is 9.80 Å². The van der Waals surface area contributed by atoms with E-state index in [2.05, 4.69) is 23.8 Å². The van der Waals surface area contributed by atoms with Gasteiger partial charge in [-0.1, -0.05) is 44.2 Å². The zero-order valence-electron chi connectivity index (χ0n) is 16.8. The van der Waals surface area contributed by atoms with Gasteiger partial charge in [0.05, 0.1) is 0 Å². The number of nitrogens with zero attached hydrogens (tertiary/aromatic N) is 4. The summed E-state index contributed by atoms with van der Waals surface area (Å²) in [7, 11) is 3.30. The number of benzene rings is 2. The van der Waals surface area contributed by atoms with Crippen molar-refractivity contribution in [2.45, 2.75) is 25.9 Å². The van der Waals surface area contributed by atoms with Crippen molar-refractivity contribution in [3.05, 3.63) is 71.9 Å². The van der Waals surface area contributed by atoms with Gasteiger partial charge in [0.25, 0.3) is 0 Å². The van der Waals surface area contributed by atoms with Crippen LogP contribution in [0.2, 0.25) is 0 Å². The fraction of sp³-hybridized carbons (Fsp3) is 0.273. The molecule has 152 valence electrons. The van der Waals surface area contributed by atoms with Gasteiger partial charge in [0.2, 0.25) is 5.95 Å². The molecule has 0 spiro atoms. The third-order valence-corrected chi connectivity index (χ3v) is 4.77. The molecule has 4 nitrogen and oxygen atoms in total. The maximum Gasteiger partial charge on any atom is 0.421 e. The van der Waals surface area contributed by atoms with Gasteiger partial charge in [-0.15, -0.1) is 0 Å². The molecule has 2 aromatic carbocycles. The summed E-state index contributed by atoms with van der Waals surface area (Å²) in [5, 5.41) is 0. The van der Waals surface area contributed by atoms with Gasteiger partial charge in [-0.05, 0) is 35.7 Å². The second-order valence-corrected chi connectivity index (χ2v) is 7.10. The van der Waals surface area contributed by atoms with E-state index in [-0.39, 0.29) is 11.8 Å². The van der Waals surface area contributed by atoms with Gasteiger partial charge in [0.1, 0.15) is 5.56 Å². The molecule has 0 bridgehead atoms. The average molecular weight is 400 g/mol. The Morgan fingerprint density at radius 2 is 1.41 bits per heavy atom. The maximum absolute atomic E-state index is 13.6. The molecule has 0 unspecified atom stereocenters. The fourth-order valence-corrected chi connectivity index (χ4v) is 2.95. The largest absolute Gasteiger partial charge is 0.421 e. The Bertz CT molecular complexity index is 954. The van der Waals surface area contributed by atoms with Gasteiger partial charge >= 0.3 is 6.18 Å². The topological polar surface area (TPSA) is 32.3 Å². The Morgan fingerprint density at radius 1 is 0.828 bits per heavy atom. The molecule has 0 atom stereocenters. The smallest absolute Gasteiger partial charge is 0.329 e. The number of para-hydroxylation sites is 1. The predicted octanol–water partition coefficient (Wildman–Crippen LogP) is 6.15. The molecule has 0 saturated heterocycles. The normalized spacial score (nSPS) is 11.6. The van der Waals surface area contributed by atoms with E-state index < -0.39 is 11.7 Å². The Kier molecular flexibility index (Phi) is 5.77. The van der Waals surface area contributed by atoms with Crippen LogP contribution in [0.5, 0.6) is 0 Å². The lowest BCUT2D eigenvalue weighted by atomic mass is 10.0. The van der Waals surface area contributed by atoms with Gasteiger partial charge in [0, 0.05) is 31.7 Å². The second kappa shape index (κ2) is 8.11. The van der Waals surface area contributed by atoms with Crippen molar-refractivity contribution < 1.29 is 13.2 Å². The van der Waals surface area contributed by atoms with Crippen LogP contribution in [0, 0.1) is 0 Å². The van der Waals surface area contributed by atoms with Crippen LogP contribution >= 0.6 is 0 Å². The summed E-state index contributed by atoms with van der Waals surface area (Å²) in [6.07, 6.45) is -3.72. The Morgan fingerprint density at radius 3 is 1.97 bits per heavy atom. The van der Waals surface area contributed by atoms with Gasteiger partial charge in [-0.2, -0.15) is 18.2 Å². The number of aromatic nitrogens is 2. The van der Waals surface area contributed by atoms with E-state index in [9.17, 15) is 13.2 Å². The molecule has 0 radical (unpaired) electrons. The van der Waals surface area contributed by atoms with Crippen molar-refractivity contribution in [1.29, 1.82) is 0 Å². The summed E-state index contributed by atoms with van der Waals surface area (Å²) in [4.78, 5) is 11.3. The van der Waals surface area contributed by atoms with E-state index in [0.717, 1.165) is 17.4 Å². The number of hydrogen-bond donors (Lipinski definition) is 0. The van der Waals surface area contributed by atoms with E-state index in [1.807, 2.05) is 42.5 Å². The molecular weight excluding hydrogens is 377 g/mol. The summed E-state index contributed by atoms with van der Waals surface area (Å²) < 4.78 is 40.9. The van der Waals surface area contributed by atoms with E-state index in [1.54, 1.807) is 31.1 Å². The summed E-state index contributed by atoms with van der Waals surface area (Å²) in [5.74, 6) is 0.331. The predicted molar refractivity (Wildman–Crippen MR) is 110 cm³/mol. The first-order valence-corrected chi connectivity index (χ1v) is 9.25. The molecule has 29 heavy (non-hydrogen) atoms. The highest BCUT2D eigenvalue weighted by atomic mass is 19.4. The van der Waals surface area contributed by atoms with Gasteiger partial charge in [-0.25, -0.2) is 4.98 Å². The van der Waals surface area contributed by atoms with Crippen LogP contribution in [-0.2, 0) is 6.18 Å². The van der Waals surface area contributed by atoms with Crippen LogP contribution in [0.1, 0.15) is 30.9 Å². The fourth-order valence-electron chi connectivity index (χ4n) is 2.95. The van der Waals surface area contributed by atoms with Gasteiger partial charge in [0.15, 0.2) is 5.82 Å². The summed E-state index contributed by atoms with van der Waals surface area (Å²) in [6.45, 7) is 4.13. The van der Waals surface area contributed by atoms with Crippen LogP contribution in [0.15, 0.2) is 60.8 Å². The lowest BCUT2D eigenvalue weighted by Crippen LogP contribution is -2.21. The van der Waals surface area contributed by atoms with Crippen LogP contribution in [0.3, 0.4) is 0 Å². The quantitative estimate of drug-likeness (QED) is 0.514. The lowest BCUT2D eigenvalue weighted by Gasteiger charge is -2.25. The maximum atomic E-state index is 13.6. The molecule has 0 saturated carbocycles. The van der Waals surface area contributed by atoms with E-state index in [0.29, 0.717) is 11.6 Å². The average Bonchev–Trinajstić information content (AvgIpc) is 2.72. The van der Waals surface area contributed by atoms with E-state index >= 15 is 0 Å². The molecule has 0 aliphatic carbocycles. The second-order valence-electron chi connectivity index (χ2n) is 7.10. The minimum atomic E-state index is -4.56. The molecule has 0 fully saturated rings.